The summed E-state index contributed by atoms with van der Waals surface area (Å²) in [6, 6.07) is 20.5. The molecule has 166 valence electrons. The molecule has 0 saturated carbocycles. The Hall–Kier alpha value is -2.39. The Bertz CT molecular complexity index is 899. The molecule has 7 heteroatoms. The number of hydrogen-bond acceptors (Lipinski definition) is 3. The van der Waals surface area contributed by atoms with E-state index in [4.69, 9.17) is 4.74 Å². The van der Waals surface area contributed by atoms with Gasteiger partial charge in [0.05, 0.1) is 25.0 Å². The third-order valence-corrected chi connectivity index (χ3v) is 4.78. The Labute approximate surface area is 202 Å². The van der Waals surface area contributed by atoms with Crippen molar-refractivity contribution in [2.75, 3.05) is 27.2 Å². The van der Waals surface area contributed by atoms with Gasteiger partial charge in [0.2, 0.25) is 0 Å². The summed E-state index contributed by atoms with van der Waals surface area (Å²) in [5.41, 5.74) is 3.37. The summed E-state index contributed by atoms with van der Waals surface area (Å²) in [5.74, 6) is 1.77. The number of ether oxygens (including phenoxy) is 1. The van der Waals surface area contributed by atoms with Gasteiger partial charge in [-0.1, -0.05) is 60.7 Å². The normalized spacial score (nSPS) is 11.1. The third-order valence-electron chi connectivity index (χ3n) is 4.78. The maximum absolute atomic E-state index is 5.74. The molecule has 2 N–H and O–H groups in total. The van der Waals surface area contributed by atoms with Gasteiger partial charge >= 0.3 is 0 Å². The summed E-state index contributed by atoms with van der Waals surface area (Å²) in [6.45, 7) is 2.96. The van der Waals surface area contributed by atoms with Crippen molar-refractivity contribution >= 4 is 29.9 Å². The van der Waals surface area contributed by atoms with Crippen molar-refractivity contribution in [2.24, 2.45) is 4.99 Å². The highest BCUT2D eigenvalue weighted by Crippen LogP contribution is 2.16. The molecule has 0 unspecified atom stereocenters. The van der Waals surface area contributed by atoms with Crippen LogP contribution >= 0.6 is 24.0 Å². The van der Waals surface area contributed by atoms with Gasteiger partial charge in [0.15, 0.2) is 5.96 Å². The van der Waals surface area contributed by atoms with E-state index in [-0.39, 0.29) is 24.0 Å². The highest BCUT2D eigenvalue weighted by Gasteiger charge is 2.09. The van der Waals surface area contributed by atoms with Crippen LogP contribution in [0.25, 0.3) is 11.3 Å². The lowest BCUT2D eigenvalue weighted by Crippen LogP contribution is -2.39. The van der Waals surface area contributed by atoms with Crippen molar-refractivity contribution in [3.8, 4) is 11.3 Å². The fraction of sp³-hybridized carbons (Fsp3) is 0.333. The number of aromatic nitrogens is 2. The fourth-order valence-corrected chi connectivity index (χ4v) is 3.19. The number of aromatic amines is 1. The van der Waals surface area contributed by atoms with Crippen LogP contribution in [0.3, 0.4) is 0 Å². The van der Waals surface area contributed by atoms with Gasteiger partial charge in [0, 0.05) is 27.2 Å². The summed E-state index contributed by atoms with van der Waals surface area (Å²) < 4.78 is 5.74. The third kappa shape index (κ3) is 8.34. The highest BCUT2D eigenvalue weighted by atomic mass is 127. The minimum atomic E-state index is 0. The molecule has 0 aliphatic heterocycles. The van der Waals surface area contributed by atoms with Crippen LogP contribution in [0.1, 0.15) is 24.2 Å². The van der Waals surface area contributed by atoms with Crippen LogP contribution in [0.15, 0.2) is 71.9 Å². The zero-order valence-electron chi connectivity index (χ0n) is 18.3. The number of benzene rings is 2. The van der Waals surface area contributed by atoms with Crippen molar-refractivity contribution in [1.29, 1.82) is 0 Å². The monoisotopic (exact) mass is 533 g/mol. The lowest BCUT2D eigenvalue weighted by molar-refractivity contribution is 0.117. The summed E-state index contributed by atoms with van der Waals surface area (Å²) in [4.78, 5) is 14.3. The average molecular weight is 533 g/mol. The number of nitrogens with one attached hydrogen (secondary N) is 2. The van der Waals surface area contributed by atoms with E-state index in [2.05, 4.69) is 49.4 Å². The number of unbranched alkanes of at least 4 members (excludes halogenated alkanes) is 1. The lowest BCUT2D eigenvalue weighted by Gasteiger charge is -2.21. The zero-order chi connectivity index (χ0) is 21.0. The van der Waals surface area contributed by atoms with Crippen LogP contribution in [-0.4, -0.2) is 48.1 Å². The second kappa shape index (κ2) is 13.8. The molecule has 0 atom stereocenters. The topological polar surface area (TPSA) is 65.5 Å². The van der Waals surface area contributed by atoms with E-state index in [1.165, 1.54) is 5.56 Å². The Balaban J connectivity index is 0.00000341. The number of nitrogens with zero attached hydrogens (tertiary/aromatic N) is 3. The van der Waals surface area contributed by atoms with Gasteiger partial charge in [-0.2, -0.15) is 0 Å². The molecule has 31 heavy (non-hydrogen) atoms. The van der Waals surface area contributed by atoms with E-state index >= 15 is 0 Å². The summed E-state index contributed by atoms with van der Waals surface area (Å²) >= 11 is 0. The first kappa shape index (κ1) is 24.9. The zero-order valence-corrected chi connectivity index (χ0v) is 20.6. The number of guanidine groups is 1. The predicted molar refractivity (Wildman–Crippen MR) is 138 cm³/mol. The van der Waals surface area contributed by atoms with Gasteiger partial charge in [-0.15, -0.1) is 24.0 Å². The van der Waals surface area contributed by atoms with Crippen molar-refractivity contribution in [3.63, 3.8) is 0 Å². The van der Waals surface area contributed by atoms with Crippen LogP contribution < -0.4 is 5.32 Å². The van der Waals surface area contributed by atoms with Crippen LogP contribution in [0.2, 0.25) is 0 Å². The molecule has 0 radical (unpaired) electrons. The maximum atomic E-state index is 5.74. The SMILES string of the molecule is CN=C(NCCCCOCc1ccccc1)N(C)Cc1ncc(-c2ccccc2)[nH]1.I. The van der Waals surface area contributed by atoms with E-state index in [1.54, 1.807) is 7.05 Å². The Morgan fingerprint density at radius 1 is 1.06 bits per heavy atom. The van der Waals surface area contributed by atoms with Crippen molar-refractivity contribution in [2.45, 2.75) is 26.0 Å². The number of hydrogen-bond donors (Lipinski definition) is 2. The molecule has 3 aromatic rings. The van der Waals surface area contributed by atoms with Gasteiger partial charge in [0.25, 0.3) is 0 Å². The molecule has 0 spiro atoms. The minimum absolute atomic E-state index is 0. The molecule has 0 aliphatic carbocycles. The van der Waals surface area contributed by atoms with E-state index < -0.39 is 0 Å². The number of imidazole rings is 1. The van der Waals surface area contributed by atoms with Crippen LogP contribution in [0.5, 0.6) is 0 Å². The van der Waals surface area contributed by atoms with Crippen LogP contribution in [0, 0.1) is 0 Å². The number of H-pyrrole nitrogens is 1. The molecule has 0 bridgehead atoms. The molecule has 1 heterocycles. The minimum Gasteiger partial charge on any atom is -0.377 e. The number of halogens is 1. The van der Waals surface area contributed by atoms with Crippen molar-refractivity contribution < 1.29 is 4.74 Å². The molecule has 0 saturated heterocycles. The molecular weight excluding hydrogens is 501 g/mol. The molecular formula is C24H32IN5O. The maximum Gasteiger partial charge on any atom is 0.193 e. The summed E-state index contributed by atoms with van der Waals surface area (Å²) in [5, 5.41) is 3.42. The second-order valence-electron chi connectivity index (χ2n) is 7.18. The summed E-state index contributed by atoms with van der Waals surface area (Å²) in [6.07, 6.45) is 3.92. The van der Waals surface area contributed by atoms with Gasteiger partial charge in [-0.05, 0) is 24.0 Å². The lowest BCUT2D eigenvalue weighted by atomic mass is 10.2. The van der Waals surface area contributed by atoms with E-state index in [0.717, 1.165) is 49.0 Å². The number of aliphatic imine (C=N–C) groups is 1. The molecule has 0 fully saturated rings. The predicted octanol–water partition coefficient (Wildman–Crippen LogP) is 4.70. The van der Waals surface area contributed by atoms with Gasteiger partial charge in [-0.3, -0.25) is 4.99 Å². The van der Waals surface area contributed by atoms with E-state index in [0.29, 0.717) is 13.2 Å². The smallest absolute Gasteiger partial charge is 0.193 e. The molecule has 0 amide bonds. The Morgan fingerprint density at radius 3 is 2.48 bits per heavy atom. The van der Waals surface area contributed by atoms with Crippen molar-refractivity contribution in [1.82, 2.24) is 20.2 Å². The average Bonchev–Trinajstić information content (AvgIpc) is 3.25. The molecule has 6 nitrogen and oxygen atoms in total. The first-order chi connectivity index (χ1) is 14.8. The van der Waals surface area contributed by atoms with Gasteiger partial charge < -0.3 is 19.9 Å². The van der Waals surface area contributed by atoms with Gasteiger partial charge in [-0.25, -0.2) is 4.98 Å². The Morgan fingerprint density at radius 2 is 1.77 bits per heavy atom. The van der Waals surface area contributed by atoms with Crippen LogP contribution in [0.4, 0.5) is 0 Å². The first-order valence-corrected chi connectivity index (χ1v) is 10.4. The first-order valence-electron chi connectivity index (χ1n) is 10.4. The molecule has 1 aromatic heterocycles. The van der Waals surface area contributed by atoms with Gasteiger partial charge in [0.1, 0.15) is 5.82 Å². The van der Waals surface area contributed by atoms with Crippen LogP contribution in [-0.2, 0) is 17.9 Å². The highest BCUT2D eigenvalue weighted by molar-refractivity contribution is 14.0. The largest absolute Gasteiger partial charge is 0.377 e. The van der Waals surface area contributed by atoms with Crippen molar-refractivity contribution in [3.05, 3.63) is 78.2 Å². The quantitative estimate of drug-likeness (QED) is 0.172. The molecule has 2 aromatic carbocycles. The second-order valence-corrected chi connectivity index (χ2v) is 7.18. The number of rotatable bonds is 10. The fourth-order valence-electron chi connectivity index (χ4n) is 3.19. The molecule has 3 rings (SSSR count). The standard InChI is InChI=1S/C24H31N5O.HI/c1-25-24(26-15-9-10-16-30-19-20-11-5-3-6-12-20)29(2)18-23-27-17-22(28-23)21-13-7-4-8-14-21;/h3-8,11-14,17H,9-10,15-16,18-19H2,1-2H3,(H,25,26)(H,27,28);1H. The molecule has 0 aliphatic rings. The van der Waals surface area contributed by atoms with E-state index in [9.17, 15) is 0 Å². The summed E-state index contributed by atoms with van der Waals surface area (Å²) in [7, 11) is 3.82. The van der Waals surface area contributed by atoms with E-state index in [1.807, 2.05) is 49.6 Å². The Kier molecular flexibility index (Phi) is 11.1.